The van der Waals surface area contributed by atoms with Crippen LogP contribution < -0.4 is 5.32 Å². The van der Waals surface area contributed by atoms with Crippen LogP contribution in [0.2, 0.25) is 0 Å². The minimum Gasteiger partial charge on any atom is -0.311 e. The second kappa shape index (κ2) is 6.06. The highest BCUT2D eigenvalue weighted by Crippen LogP contribution is 2.10. The zero-order valence-corrected chi connectivity index (χ0v) is 9.42. The Bertz CT molecular complexity index is 195. The van der Waals surface area contributed by atoms with Crippen LogP contribution in [-0.2, 0) is 0 Å². The number of nitrogens with one attached hydrogen (secondary N) is 1. The van der Waals surface area contributed by atoms with Crippen molar-refractivity contribution in [3.63, 3.8) is 0 Å². The van der Waals surface area contributed by atoms with E-state index in [2.05, 4.69) is 30.0 Å². The molecule has 0 radical (unpaired) electrons. The fourth-order valence-electron chi connectivity index (χ4n) is 2.05. The third kappa shape index (κ3) is 3.01. The molecule has 0 aliphatic carbocycles. The van der Waals surface area contributed by atoms with Gasteiger partial charge >= 0.3 is 0 Å². The molecule has 1 aliphatic rings. The van der Waals surface area contributed by atoms with Crippen LogP contribution in [0.25, 0.3) is 0 Å². The molecule has 0 aromatic heterocycles. The highest BCUT2D eigenvalue weighted by atomic mass is 15.2. The van der Waals surface area contributed by atoms with Gasteiger partial charge in [0.1, 0.15) is 0 Å². The molecule has 2 nitrogen and oxygen atoms in total. The van der Waals surface area contributed by atoms with Crippen LogP contribution in [0.15, 0.2) is 0 Å². The summed E-state index contributed by atoms with van der Waals surface area (Å²) in [6.45, 7) is 7.73. The first-order valence-corrected chi connectivity index (χ1v) is 5.75. The molecule has 0 saturated carbocycles. The molecule has 1 fully saturated rings. The Morgan fingerprint density at radius 1 is 1.57 bits per heavy atom. The molecular weight excluding hydrogens is 172 g/mol. The third-order valence-corrected chi connectivity index (χ3v) is 2.97. The smallest absolute Gasteiger partial charge is 0.0712 e. The lowest BCUT2D eigenvalue weighted by molar-refractivity contribution is 0.163. The van der Waals surface area contributed by atoms with Gasteiger partial charge in [-0.05, 0) is 12.8 Å². The largest absolute Gasteiger partial charge is 0.311 e. The molecule has 1 saturated heterocycles. The molecule has 0 aromatic carbocycles. The quantitative estimate of drug-likeness (QED) is 0.682. The van der Waals surface area contributed by atoms with Crippen LogP contribution in [0, 0.1) is 12.3 Å². The zero-order chi connectivity index (χ0) is 10.4. The summed E-state index contributed by atoms with van der Waals surface area (Å²) in [4.78, 5) is 2.45. The predicted octanol–water partition coefficient (Wildman–Crippen LogP) is 1.47. The minimum atomic E-state index is 0.358. The number of nitrogens with zero attached hydrogens (tertiary/aromatic N) is 1. The standard InChI is InChI=1S/C12H22N2/c1-4-7-12(6-3)14-9-8-13-11(5-2)10-14/h3,11-13H,4-5,7-10H2,1-2H3. The van der Waals surface area contributed by atoms with E-state index in [0.717, 1.165) is 26.1 Å². The molecule has 1 heterocycles. The van der Waals surface area contributed by atoms with Gasteiger partial charge in [-0.2, -0.15) is 0 Å². The third-order valence-electron chi connectivity index (χ3n) is 2.97. The van der Waals surface area contributed by atoms with Crippen molar-refractivity contribution >= 4 is 0 Å². The van der Waals surface area contributed by atoms with Gasteiger partial charge in [0.25, 0.3) is 0 Å². The highest BCUT2D eigenvalue weighted by Gasteiger charge is 2.22. The molecule has 0 amide bonds. The van der Waals surface area contributed by atoms with Gasteiger partial charge in [-0.25, -0.2) is 0 Å². The summed E-state index contributed by atoms with van der Waals surface area (Å²) in [6.07, 6.45) is 9.07. The Kier molecular flexibility index (Phi) is 5.00. The fraction of sp³-hybridized carbons (Fsp3) is 0.833. The highest BCUT2D eigenvalue weighted by molar-refractivity contribution is 5.01. The van der Waals surface area contributed by atoms with Crippen molar-refractivity contribution in [2.45, 2.75) is 45.2 Å². The first-order valence-electron chi connectivity index (χ1n) is 5.75. The summed E-state index contributed by atoms with van der Waals surface area (Å²) in [7, 11) is 0. The number of terminal acetylenes is 1. The molecule has 80 valence electrons. The van der Waals surface area contributed by atoms with Gasteiger partial charge in [0.05, 0.1) is 6.04 Å². The van der Waals surface area contributed by atoms with E-state index in [1.807, 2.05) is 0 Å². The zero-order valence-electron chi connectivity index (χ0n) is 9.42. The van der Waals surface area contributed by atoms with E-state index in [9.17, 15) is 0 Å². The maximum atomic E-state index is 5.56. The molecule has 0 bridgehead atoms. The Balaban J connectivity index is 2.45. The summed E-state index contributed by atoms with van der Waals surface area (Å²) in [5.74, 6) is 2.92. The molecule has 2 unspecified atom stereocenters. The molecule has 0 spiro atoms. The lowest BCUT2D eigenvalue weighted by Gasteiger charge is -2.36. The average Bonchev–Trinajstić information content (AvgIpc) is 2.26. The molecule has 2 heteroatoms. The van der Waals surface area contributed by atoms with Gasteiger partial charge in [0, 0.05) is 25.7 Å². The minimum absolute atomic E-state index is 0.358. The number of piperazine rings is 1. The molecular formula is C12H22N2. The SMILES string of the molecule is C#CC(CCC)N1CCNC(CC)C1. The summed E-state index contributed by atoms with van der Waals surface area (Å²) < 4.78 is 0. The van der Waals surface area contributed by atoms with Crippen LogP contribution in [0.1, 0.15) is 33.1 Å². The predicted molar refractivity (Wildman–Crippen MR) is 61.2 cm³/mol. The van der Waals surface area contributed by atoms with E-state index in [-0.39, 0.29) is 0 Å². The van der Waals surface area contributed by atoms with E-state index in [1.165, 1.54) is 12.8 Å². The van der Waals surface area contributed by atoms with Crippen LogP contribution in [0.4, 0.5) is 0 Å². The van der Waals surface area contributed by atoms with Crippen molar-refractivity contribution < 1.29 is 0 Å². The molecule has 1 rings (SSSR count). The molecule has 14 heavy (non-hydrogen) atoms. The van der Waals surface area contributed by atoms with Gasteiger partial charge in [-0.15, -0.1) is 6.42 Å². The summed E-state index contributed by atoms with van der Waals surface area (Å²) in [6, 6.07) is 0.993. The monoisotopic (exact) mass is 194 g/mol. The summed E-state index contributed by atoms with van der Waals surface area (Å²) >= 11 is 0. The van der Waals surface area contributed by atoms with E-state index < -0.39 is 0 Å². The van der Waals surface area contributed by atoms with Crippen LogP contribution >= 0.6 is 0 Å². The van der Waals surface area contributed by atoms with E-state index in [1.54, 1.807) is 0 Å². The Hall–Kier alpha value is -0.520. The van der Waals surface area contributed by atoms with Gasteiger partial charge in [-0.3, -0.25) is 4.90 Å². The van der Waals surface area contributed by atoms with E-state index in [0.29, 0.717) is 12.1 Å². The van der Waals surface area contributed by atoms with Crippen molar-refractivity contribution in [2.75, 3.05) is 19.6 Å². The Morgan fingerprint density at radius 3 is 2.93 bits per heavy atom. The van der Waals surface area contributed by atoms with E-state index >= 15 is 0 Å². The number of rotatable bonds is 4. The van der Waals surface area contributed by atoms with Gasteiger partial charge < -0.3 is 5.32 Å². The molecule has 1 N–H and O–H groups in total. The number of hydrogen-bond acceptors (Lipinski definition) is 2. The molecule has 0 aromatic rings. The van der Waals surface area contributed by atoms with Crippen LogP contribution in [0.5, 0.6) is 0 Å². The second-order valence-electron chi connectivity index (χ2n) is 4.03. The van der Waals surface area contributed by atoms with Crippen LogP contribution in [0.3, 0.4) is 0 Å². The molecule has 1 aliphatic heterocycles. The number of hydrogen-bond donors (Lipinski definition) is 1. The van der Waals surface area contributed by atoms with Crippen LogP contribution in [-0.4, -0.2) is 36.6 Å². The van der Waals surface area contributed by atoms with Gasteiger partial charge in [0.15, 0.2) is 0 Å². The van der Waals surface area contributed by atoms with E-state index in [4.69, 9.17) is 6.42 Å². The normalized spacial score (nSPS) is 25.6. The summed E-state index contributed by atoms with van der Waals surface area (Å²) in [5.41, 5.74) is 0. The fourth-order valence-corrected chi connectivity index (χ4v) is 2.05. The van der Waals surface area contributed by atoms with Crippen molar-refractivity contribution in [3.05, 3.63) is 0 Å². The lowest BCUT2D eigenvalue weighted by atomic mass is 10.1. The van der Waals surface area contributed by atoms with Crippen molar-refractivity contribution in [3.8, 4) is 12.3 Å². The first-order chi connectivity index (χ1) is 6.81. The maximum Gasteiger partial charge on any atom is 0.0712 e. The second-order valence-corrected chi connectivity index (χ2v) is 4.03. The molecule has 2 atom stereocenters. The van der Waals surface area contributed by atoms with Crippen molar-refractivity contribution in [1.29, 1.82) is 0 Å². The first kappa shape index (κ1) is 11.6. The van der Waals surface area contributed by atoms with Gasteiger partial charge in [-0.1, -0.05) is 26.2 Å². The average molecular weight is 194 g/mol. The lowest BCUT2D eigenvalue weighted by Crippen LogP contribution is -2.53. The summed E-state index contributed by atoms with van der Waals surface area (Å²) in [5, 5.41) is 3.51. The maximum absolute atomic E-state index is 5.56. The Morgan fingerprint density at radius 2 is 2.36 bits per heavy atom. The van der Waals surface area contributed by atoms with Crippen molar-refractivity contribution in [1.82, 2.24) is 10.2 Å². The van der Waals surface area contributed by atoms with Gasteiger partial charge in [0.2, 0.25) is 0 Å². The topological polar surface area (TPSA) is 15.3 Å². The van der Waals surface area contributed by atoms with Crippen molar-refractivity contribution in [2.24, 2.45) is 0 Å². The Labute approximate surface area is 88.1 Å².